The van der Waals surface area contributed by atoms with Crippen LogP contribution in [0.3, 0.4) is 0 Å². The zero-order valence-electron chi connectivity index (χ0n) is 11.7. The molecule has 0 spiro atoms. The van der Waals surface area contributed by atoms with E-state index in [0.29, 0.717) is 5.92 Å². The Bertz CT molecular complexity index is 428. The number of hydrogen-bond donors (Lipinski definition) is 1. The van der Waals surface area contributed by atoms with Gasteiger partial charge in [-0.3, -0.25) is 9.69 Å². The summed E-state index contributed by atoms with van der Waals surface area (Å²) in [5, 5.41) is 0. The highest BCUT2D eigenvalue weighted by Gasteiger charge is 2.21. The number of nitrogens with two attached hydrogens (primary N) is 1. The number of likely N-dealkylation sites (N-methyl/N-ethyl adjacent to an activating group) is 1. The van der Waals surface area contributed by atoms with Gasteiger partial charge < -0.3 is 10.5 Å². The average Bonchev–Trinajstić information content (AvgIpc) is 2.27. The van der Waals surface area contributed by atoms with Crippen LogP contribution < -0.4 is 10.5 Å². The zero-order chi connectivity index (χ0) is 13.9. The fourth-order valence-corrected chi connectivity index (χ4v) is 2.09. The number of primary amides is 1. The van der Waals surface area contributed by atoms with Gasteiger partial charge in [-0.2, -0.15) is 0 Å². The minimum atomic E-state index is -0.409. The third-order valence-corrected chi connectivity index (χ3v) is 2.98. The van der Waals surface area contributed by atoms with Gasteiger partial charge >= 0.3 is 0 Å². The summed E-state index contributed by atoms with van der Waals surface area (Å²) in [7, 11) is 5.34. The molecule has 18 heavy (non-hydrogen) atoms. The molecular formula is C14H22N2O2. The summed E-state index contributed by atoms with van der Waals surface area (Å²) in [6, 6.07) is 5.37. The van der Waals surface area contributed by atoms with Crippen molar-refractivity contribution in [3.05, 3.63) is 29.3 Å². The van der Waals surface area contributed by atoms with E-state index >= 15 is 0 Å². The molecule has 4 heteroatoms. The number of carbonyl (C=O) groups excluding carboxylic acids is 1. The van der Waals surface area contributed by atoms with Crippen LogP contribution in [0, 0.1) is 0 Å². The molecule has 0 aliphatic heterocycles. The Balaban J connectivity index is 3.25. The van der Waals surface area contributed by atoms with Crippen molar-refractivity contribution in [3.63, 3.8) is 0 Å². The summed E-state index contributed by atoms with van der Waals surface area (Å²) < 4.78 is 5.33. The zero-order valence-corrected chi connectivity index (χ0v) is 11.7. The second-order valence-corrected chi connectivity index (χ2v) is 4.92. The maximum atomic E-state index is 11.5. The van der Waals surface area contributed by atoms with E-state index < -0.39 is 6.04 Å². The Morgan fingerprint density at radius 1 is 1.33 bits per heavy atom. The average molecular weight is 250 g/mol. The first-order chi connectivity index (χ1) is 8.38. The summed E-state index contributed by atoms with van der Waals surface area (Å²) in [6.45, 7) is 4.19. The van der Waals surface area contributed by atoms with Gasteiger partial charge in [0.2, 0.25) is 5.91 Å². The highest BCUT2D eigenvalue weighted by molar-refractivity contribution is 5.81. The lowest BCUT2D eigenvalue weighted by Gasteiger charge is -2.23. The van der Waals surface area contributed by atoms with Crippen LogP contribution in [-0.2, 0) is 4.79 Å². The first kappa shape index (κ1) is 14.5. The van der Waals surface area contributed by atoms with E-state index in [1.165, 1.54) is 0 Å². The van der Waals surface area contributed by atoms with Crippen molar-refractivity contribution in [1.29, 1.82) is 0 Å². The molecule has 4 nitrogen and oxygen atoms in total. The largest absolute Gasteiger partial charge is 0.496 e. The number of methoxy groups -OCH3 is 1. The standard InChI is InChI=1S/C14H22N2O2/c1-9(2)11-8-10(6-7-12(11)18-5)13(14(15)17)16(3)4/h6-9,13H,1-5H3,(H2,15,17). The molecule has 0 aliphatic carbocycles. The van der Waals surface area contributed by atoms with E-state index in [0.717, 1.165) is 16.9 Å². The Kier molecular flexibility index (Phi) is 4.73. The minimum Gasteiger partial charge on any atom is -0.496 e. The van der Waals surface area contributed by atoms with Gasteiger partial charge in [0.1, 0.15) is 11.8 Å². The Hall–Kier alpha value is -1.55. The number of rotatable bonds is 5. The summed E-state index contributed by atoms with van der Waals surface area (Å²) >= 11 is 0. The third kappa shape index (κ3) is 3.01. The minimum absolute atomic E-state index is 0.329. The Morgan fingerprint density at radius 3 is 2.33 bits per heavy atom. The van der Waals surface area contributed by atoms with Gasteiger partial charge in [-0.15, -0.1) is 0 Å². The van der Waals surface area contributed by atoms with Crippen molar-refractivity contribution in [2.45, 2.75) is 25.8 Å². The smallest absolute Gasteiger partial charge is 0.239 e. The van der Waals surface area contributed by atoms with E-state index in [2.05, 4.69) is 13.8 Å². The van der Waals surface area contributed by atoms with Crippen LogP contribution >= 0.6 is 0 Å². The molecule has 0 heterocycles. The first-order valence-corrected chi connectivity index (χ1v) is 6.02. The van der Waals surface area contributed by atoms with Gasteiger partial charge in [0.25, 0.3) is 0 Å². The lowest BCUT2D eigenvalue weighted by molar-refractivity contribution is -0.122. The Morgan fingerprint density at radius 2 is 1.94 bits per heavy atom. The van der Waals surface area contributed by atoms with Crippen molar-refractivity contribution in [2.75, 3.05) is 21.2 Å². The SMILES string of the molecule is COc1ccc(C(C(N)=O)N(C)C)cc1C(C)C. The lowest BCUT2D eigenvalue weighted by atomic mass is 9.96. The second-order valence-electron chi connectivity index (χ2n) is 4.92. The van der Waals surface area contributed by atoms with Crippen molar-refractivity contribution in [1.82, 2.24) is 4.90 Å². The molecule has 1 amide bonds. The predicted octanol–water partition coefficient (Wildman–Crippen LogP) is 1.91. The van der Waals surface area contributed by atoms with Crippen molar-refractivity contribution in [2.24, 2.45) is 5.73 Å². The van der Waals surface area contributed by atoms with E-state index in [1.54, 1.807) is 7.11 Å². The summed E-state index contributed by atoms with van der Waals surface area (Å²) in [4.78, 5) is 13.3. The van der Waals surface area contributed by atoms with E-state index in [-0.39, 0.29) is 5.91 Å². The lowest BCUT2D eigenvalue weighted by Crippen LogP contribution is -2.32. The quantitative estimate of drug-likeness (QED) is 0.868. The molecule has 1 unspecified atom stereocenters. The molecule has 0 aromatic heterocycles. The number of amides is 1. The van der Waals surface area contributed by atoms with Gasteiger partial charge in [-0.1, -0.05) is 19.9 Å². The van der Waals surface area contributed by atoms with E-state index in [1.807, 2.05) is 37.2 Å². The molecule has 1 aromatic rings. The molecule has 1 aromatic carbocycles. The summed E-state index contributed by atoms with van der Waals surface area (Å²) in [6.07, 6.45) is 0. The number of carbonyl (C=O) groups is 1. The van der Waals surface area contributed by atoms with E-state index in [9.17, 15) is 4.79 Å². The van der Waals surface area contributed by atoms with Gasteiger partial charge in [0.05, 0.1) is 7.11 Å². The molecule has 2 N–H and O–H groups in total. The van der Waals surface area contributed by atoms with E-state index in [4.69, 9.17) is 10.5 Å². The molecule has 0 bridgehead atoms. The fraction of sp³-hybridized carbons (Fsp3) is 0.500. The van der Waals surface area contributed by atoms with Gasteiger partial charge in [0, 0.05) is 0 Å². The second kappa shape index (κ2) is 5.87. The molecule has 0 saturated carbocycles. The van der Waals surface area contributed by atoms with Crippen LogP contribution in [0.5, 0.6) is 5.75 Å². The van der Waals surface area contributed by atoms with Crippen molar-refractivity contribution in [3.8, 4) is 5.75 Å². The van der Waals surface area contributed by atoms with Gasteiger partial charge in [-0.05, 0) is 43.3 Å². The molecule has 0 aliphatic rings. The normalized spacial score (nSPS) is 12.8. The fourth-order valence-electron chi connectivity index (χ4n) is 2.09. The summed E-state index contributed by atoms with van der Waals surface area (Å²) in [5.41, 5.74) is 7.44. The highest BCUT2D eigenvalue weighted by Crippen LogP contribution is 2.30. The van der Waals surface area contributed by atoms with Crippen molar-refractivity contribution < 1.29 is 9.53 Å². The van der Waals surface area contributed by atoms with Crippen LogP contribution in [0.25, 0.3) is 0 Å². The van der Waals surface area contributed by atoms with Crippen molar-refractivity contribution >= 4 is 5.91 Å². The predicted molar refractivity (Wildman–Crippen MR) is 72.7 cm³/mol. The molecule has 0 fully saturated rings. The van der Waals surface area contributed by atoms with Gasteiger partial charge in [0.15, 0.2) is 0 Å². The molecular weight excluding hydrogens is 228 g/mol. The monoisotopic (exact) mass is 250 g/mol. The Labute approximate surface area is 109 Å². The highest BCUT2D eigenvalue weighted by atomic mass is 16.5. The van der Waals surface area contributed by atoms with Crippen LogP contribution in [-0.4, -0.2) is 32.0 Å². The molecule has 1 atom stereocenters. The maximum absolute atomic E-state index is 11.5. The summed E-state index contributed by atoms with van der Waals surface area (Å²) in [5.74, 6) is 0.825. The first-order valence-electron chi connectivity index (χ1n) is 6.02. The van der Waals surface area contributed by atoms with Crippen LogP contribution in [0.2, 0.25) is 0 Å². The number of ether oxygens (including phenoxy) is 1. The van der Waals surface area contributed by atoms with Gasteiger partial charge in [-0.25, -0.2) is 0 Å². The maximum Gasteiger partial charge on any atom is 0.239 e. The molecule has 1 rings (SSSR count). The number of hydrogen-bond acceptors (Lipinski definition) is 3. The topological polar surface area (TPSA) is 55.6 Å². The van der Waals surface area contributed by atoms with Crippen LogP contribution in [0.1, 0.15) is 36.9 Å². The van der Waals surface area contributed by atoms with Crippen LogP contribution in [0.15, 0.2) is 18.2 Å². The third-order valence-electron chi connectivity index (χ3n) is 2.98. The van der Waals surface area contributed by atoms with Crippen LogP contribution in [0.4, 0.5) is 0 Å². The molecule has 100 valence electrons. The molecule has 0 radical (unpaired) electrons. The number of nitrogens with zero attached hydrogens (tertiary/aromatic N) is 1. The number of benzene rings is 1. The molecule has 0 saturated heterocycles.